The molecular formula is C15H22O2S. The van der Waals surface area contributed by atoms with Crippen LogP contribution in [0.2, 0.25) is 0 Å². The van der Waals surface area contributed by atoms with Crippen LogP contribution in [0, 0.1) is 0 Å². The number of ether oxygens (including phenoxy) is 2. The van der Waals surface area contributed by atoms with E-state index < -0.39 is 0 Å². The molecule has 100 valence electrons. The van der Waals surface area contributed by atoms with E-state index in [4.69, 9.17) is 9.47 Å². The molecule has 1 aliphatic rings. The molecule has 1 saturated heterocycles. The summed E-state index contributed by atoms with van der Waals surface area (Å²) in [6, 6.07) is 10.5. The summed E-state index contributed by atoms with van der Waals surface area (Å²) in [7, 11) is 0. The van der Waals surface area contributed by atoms with Gasteiger partial charge in [-0.1, -0.05) is 18.2 Å². The van der Waals surface area contributed by atoms with E-state index in [0.717, 1.165) is 25.2 Å². The zero-order valence-electron chi connectivity index (χ0n) is 11.0. The first kappa shape index (κ1) is 13.9. The first-order valence-electron chi connectivity index (χ1n) is 6.79. The van der Waals surface area contributed by atoms with Crippen molar-refractivity contribution >= 4 is 11.8 Å². The molecule has 18 heavy (non-hydrogen) atoms. The van der Waals surface area contributed by atoms with Crippen LogP contribution < -0.4 is 0 Å². The molecule has 2 nitrogen and oxygen atoms in total. The van der Waals surface area contributed by atoms with Gasteiger partial charge >= 0.3 is 0 Å². The largest absolute Gasteiger partial charge is 0.353 e. The summed E-state index contributed by atoms with van der Waals surface area (Å²) in [6.45, 7) is 3.00. The standard InChI is InChI=1S/C15H22O2S/c1-13(17-15-9-5-6-11-16-15)10-12-18-14-7-3-2-4-8-14/h2-4,7-8,13,15H,5-6,9-12H2,1H3/t13?,15-/m0/s1. The van der Waals surface area contributed by atoms with Crippen LogP contribution in [-0.2, 0) is 9.47 Å². The van der Waals surface area contributed by atoms with Crippen molar-refractivity contribution in [2.45, 2.75) is 49.9 Å². The second-order valence-corrected chi connectivity index (χ2v) is 5.86. The molecule has 0 amide bonds. The molecule has 1 unspecified atom stereocenters. The predicted molar refractivity (Wildman–Crippen MR) is 75.9 cm³/mol. The van der Waals surface area contributed by atoms with Crippen LogP contribution in [0.1, 0.15) is 32.6 Å². The molecule has 1 aromatic rings. The van der Waals surface area contributed by atoms with Gasteiger partial charge in [0.05, 0.1) is 6.10 Å². The maximum Gasteiger partial charge on any atom is 0.157 e. The topological polar surface area (TPSA) is 18.5 Å². The minimum absolute atomic E-state index is 0.0375. The summed E-state index contributed by atoms with van der Waals surface area (Å²) in [5, 5.41) is 0. The van der Waals surface area contributed by atoms with E-state index in [1.54, 1.807) is 0 Å². The zero-order chi connectivity index (χ0) is 12.6. The quantitative estimate of drug-likeness (QED) is 0.722. The highest BCUT2D eigenvalue weighted by molar-refractivity contribution is 7.99. The van der Waals surface area contributed by atoms with Crippen LogP contribution in [0.3, 0.4) is 0 Å². The first-order valence-corrected chi connectivity index (χ1v) is 7.78. The number of rotatable bonds is 6. The minimum atomic E-state index is 0.0375. The summed E-state index contributed by atoms with van der Waals surface area (Å²) in [5.41, 5.74) is 0. The molecule has 0 spiro atoms. The van der Waals surface area contributed by atoms with Gasteiger partial charge in [-0.3, -0.25) is 0 Å². The van der Waals surface area contributed by atoms with Crippen LogP contribution in [-0.4, -0.2) is 24.8 Å². The third-order valence-electron chi connectivity index (χ3n) is 3.06. The van der Waals surface area contributed by atoms with Crippen molar-refractivity contribution in [1.82, 2.24) is 0 Å². The second-order valence-electron chi connectivity index (χ2n) is 4.69. The van der Waals surface area contributed by atoms with E-state index in [1.165, 1.54) is 17.7 Å². The lowest BCUT2D eigenvalue weighted by Crippen LogP contribution is -2.26. The van der Waals surface area contributed by atoms with Crippen LogP contribution in [0.4, 0.5) is 0 Å². The average Bonchev–Trinajstić information content (AvgIpc) is 2.41. The fourth-order valence-electron chi connectivity index (χ4n) is 2.01. The second kappa shape index (κ2) is 7.82. The summed E-state index contributed by atoms with van der Waals surface area (Å²) < 4.78 is 11.5. The Morgan fingerprint density at radius 3 is 2.89 bits per heavy atom. The van der Waals surface area contributed by atoms with Crippen LogP contribution >= 0.6 is 11.8 Å². The molecule has 0 bridgehead atoms. The van der Waals surface area contributed by atoms with E-state index >= 15 is 0 Å². The molecule has 0 saturated carbocycles. The minimum Gasteiger partial charge on any atom is -0.353 e. The van der Waals surface area contributed by atoms with Crippen molar-refractivity contribution in [2.24, 2.45) is 0 Å². The summed E-state index contributed by atoms with van der Waals surface area (Å²) in [5.74, 6) is 1.10. The van der Waals surface area contributed by atoms with Gasteiger partial charge in [-0.2, -0.15) is 0 Å². The molecule has 1 fully saturated rings. The highest BCUT2D eigenvalue weighted by Gasteiger charge is 2.16. The van der Waals surface area contributed by atoms with Crippen LogP contribution in [0.5, 0.6) is 0 Å². The Bertz CT molecular complexity index is 323. The van der Waals surface area contributed by atoms with Crippen molar-refractivity contribution in [1.29, 1.82) is 0 Å². The Kier molecular flexibility index (Phi) is 6.05. The number of hydrogen-bond acceptors (Lipinski definition) is 3. The lowest BCUT2D eigenvalue weighted by Gasteiger charge is -2.26. The van der Waals surface area contributed by atoms with E-state index in [9.17, 15) is 0 Å². The molecule has 1 aromatic carbocycles. The summed E-state index contributed by atoms with van der Waals surface area (Å²) >= 11 is 1.89. The monoisotopic (exact) mass is 266 g/mol. The maximum absolute atomic E-state index is 5.89. The Morgan fingerprint density at radius 2 is 2.17 bits per heavy atom. The Morgan fingerprint density at radius 1 is 1.33 bits per heavy atom. The van der Waals surface area contributed by atoms with E-state index in [-0.39, 0.29) is 12.4 Å². The molecule has 1 aliphatic heterocycles. The van der Waals surface area contributed by atoms with Crippen molar-refractivity contribution in [3.8, 4) is 0 Å². The third kappa shape index (κ3) is 5.01. The average molecular weight is 266 g/mol. The molecule has 2 rings (SSSR count). The fourth-order valence-corrected chi connectivity index (χ4v) is 3.04. The summed E-state index contributed by atoms with van der Waals surface area (Å²) in [6.07, 6.45) is 4.85. The van der Waals surface area contributed by atoms with Crippen LogP contribution in [0.25, 0.3) is 0 Å². The number of thioether (sulfide) groups is 1. The van der Waals surface area contributed by atoms with Gasteiger partial charge in [-0.25, -0.2) is 0 Å². The van der Waals surface area contributed by atoms with Gasteiger partial charge in [0.1, 0.15) is 0 Å². The van der Waals surface area contributed by atoms with Crippen LogP contribution in [0.15, 0.2) is 35.2 Å². The van der Waals surface area contributed by atoms with Gasteiger partial charge < -0.3 is 9.47 Å². The maximum atomic E-state index is 5.89. The molecule has 0 aromatic heterocycles. The molecule has 1 heterocycles. The van der Waals surface area contributed by atoms with E-state index in [0.29, 0.717) is 0 Å². The van der Waals surface area contributed by atoms with Gasteiger partial charge in [0.2, 0.25) is 0 Å². The van der Waals surface area contributed by atoms with Crippen molar-refractivity contribution in [3.05, 3.63) is 30.3 Å². The van der Waals surface area contributed by atoms with Gasteiger partial charge in [0.25, 0.3) is 0 Å². The zero-order valence-corrected chi connectivity index (χ0v) is 11.8. The van der Waals surface area contributed by atoms with Gasteiger partial charge in [-0.15, -0.1) is 11.8 Å². The lowest BCUT2D eigenvalue weighted by atomic mass is 10.2. The molecule has 2 atom stereocenters. The molecule has 3 heteroatoms. The van der Waals surface area contributed by atoms with Crippen molar-refractivity contribution in [2.75, 3.05) is 12.4 Å². The molecule has 0 aliphatic carbocycles. The SMILES string of the molecule is CC(CCSc1ccccc1)O[C@H]1CCCCO1. The van der Waals surface area contributed by atoms with Crippen molar-refractivity contribution < 1.29 is 9.47 Å². The Hall–Kier alpha value is -0.510. The number of hydrogen-bond donors (Lipinski definition) is 0. The molecule has 0 radical (unpaired) electrons. The lowest BCUT2D eigenvalue weighted by molar-refractivity contribution is -0.184. The van der Waals surface area contributed by atoms with Gasteiger partial charge in [-0.05, 0) is 44.7 Å². The third-order valence-corrected chi connectivity index (χ3v) is 4.10. The fraction of sp³-hybridized carbons (Fsp3) is 0.600. The predicted octanol–water partition coefficient (Wildman–Crippen LogP) is 4.10. The number of benzene rings is 1. The van der Waals surface area contributed by atoms with Gasteiger partial charge in [0.15, 0.2) is 6.29 Å². The molecular weight excluding hydrogens is 244 g/mol. The van der Waals surface area contributed by atoms with Gasteiger partial charge in [0, 0.05) is 17.3 Å². The molecule has 0 N–H and O–H groups in total. The van der Waals surface area contributed by atoms with E-state index in [1.807, 2.05) is 11.8 Å². The smallest absolute Gasteiger partial charge is 0.157 e. The normalized spacial score (nSPS) is 21.7. The first-order chi connectivity index (χ1) is 8.84. The summed E-state index contributed by atoms with van der Waals surface area (Å²) in [4.78, 5) is 1.33. The Balaban J connectivity index is 1.61. The van der Waals surface area contributed by atoms with Crippen molar-refractivity contribution in [3.63, 3.8) is 0 Å². The highest BCUT2D eigenvalue weighted by Crippen LogP contribution is 2.21. The Labute approximate surface area is 114 Å². The highest BCUT2D eigenvalue weighted by atomic mass is 32.2. The van der Waals surface area contributed by atoms with E-state index in [2.05, 4.69) is 37.3 Å².